The van der Waals surface area contributed by atoms with Gasteiger partial charge in [-0.3, -0.25) is 0 Å². The summed E-state index contributed by atoms with van der Waals surface area (Å²) >= 11 is 0. The van der Waals surface area contributed by atoms with E-state index in [0.717, 1.165) is 18.7 Å². The minimum absolute atomic E-state index is 0.286. The molecule has 20 heavy (non-hydrogen) atoms. The molecule has 1 N–H and O–H groups in total. The lowest BCUT2D eigenvalue weighted by Gasteiger charge is -2.22. The molecule has 1 fully saturated rings. The summed E-state index contributed by atoms with van der Waals surface area (Å²) in [7, 11) is 1.47. The van der Waals surface area contributed by atoms with Gasteiger partial charge in [0, 0.05) is 13.1 Å². The molecule has 0 atom stereocenters. The fourth-order valence-corrected chi connectivity index (χ4v) is 2.58. The maximum Gasteiger partial charge on any atom is 0.165 e. The molecule has 0 aliphatic heterocycles. The van der Waals surface area contributed by atoms with Crippen molar-refractivity contribution in [1.82, 2.24) is 5.32 Å². The highest BCUT2D eigenvalue weighted by molar-refractivity contribution is 5.29. The van der Waals surface area contributed by atoms with Gasteiger partial charge in [0.1, 0.15) is 0 Å². The van der Waals surface area contributed by atoms with Crippen molar-refractivity contribution in [2.75, 3.05) is 20.3 Å². The molecular weight excluding hydrogens is 257 g/mol. The second kappa shape index (κ2) is 8.22. The van der Waals surface area contributed by atoms with Gasteiger partial charge < -0.3 is 14.8 Å². The molecule has 0 radical (unpaired) electrons. The van der Waals surface area contributed by atoms with Crippen molar-refractivity contribution in [3.8, 4) is 5.75 Å². The summed E-state index contributed by atoms with van der Waals surface area (Å²) < 4.78 is 24.2. The molecule has 112 valence electrons. The van der Waals surface area contributed by atoms with E-state index in [0.29, 0.717) is 12.6 Å². The van der Waals surface area contributed by atoms with E-state index in [2.05, 4.69) is 5.32 Å². The van der Waals surface area contributed by atoms with E-state index in [1.807, 2.05) is 6.07 Å². The van der Waals surface area contributed by atoms with Crippen molar-refractivity contribution in [2.24, 2.45) is 0 Å². The van der Waals surface area contributed by atoms with Crippen LogP contribution < -0.4 is 10.1 Å². The van der Waals surface area contributed by atoms with Crippen LogP contribution in [-0.4, -0.2) is 26.4 Å². The molecule has 1 aromatic rings. The van der Waals surface area contributed by atoms with Gasteiger partial charge in [0.15, 0.2) is 11.6 Å². The van der Waals surface area contributed by atoms with Crippen LogP contribution in [0.25, 0.3) is 0 Å². The molecule has 1 aliphatic rings. The zero-order valence-corrected chi connectivity index (χ0v) is 12.2. The molecule has 0 saturated heterocycles. The van der Waals surface area contributed by atoms with Gasteiger partial charge in [-0.25, -0.2) is 4.39 Å². The Balaban J connectivity index is 1.61. The number of nitrogens with one attached hydrogen (secondary N) is 1. The van der Waals surface area contributed by atoms with Crippen LogP contribution in [0.2, 0.25) is 0 Å². The van der Waals surface area contributed by atoms with Crippen LogP contribution in [0.1, 0.15) is 37.7 Å². The average molecular weight is 281 g/mol. The molecule has 4 heteroatoms. The number of halogens is 1. The molecule has 0 amide bonds. The van der Waals surface area contributed by atoms with E-state index in [9.17, 15) is 4.39 Å². The Morgan fingerprint density at radius 2 is 2.05 bits per heavy atom. The lowest BCUT2D eigenvalue weighted by Crippen LogP contribution is -2.24. The molecular formula is C16H24FNO2. The van der Waals surface area contributed by atoms with Crippen LogP contribution in [0, 0.1) is 5.82 Å². The van der Waals surface area contributed by atoms with Crippen molar-refractivity contribution in [3.63, 3.8) is 0 Å². The SMILES string of the molecule is COc1ccc(CNCCOC2CCCCC2)cc1F. The molecule has 3 nitrogen and oxygen atoms in total. The zero-order valence-electron chi connectivity index (χ0n) is 12.2. The van der Waals surface area contributed by atoms with Crippen LogP contribution in [0.3, 0.4) is 0 Å². The standard InChI is InChI=1S/C16H24FNO2/c1-19-16-8-7-13(11-15(16)17)12-18-9-10-20-14-5-3-2-4-6-14/h7-8,11,14,18H,2-6,9-10,12H2,1H3. The third kappa shape index (κ3) is 4.76. The summed E-state index contributed by atoms with van der Waals surface area (Å²) in [4.78, 5) is 0. The molecule has 0 aromatic heterocycles. The summed E-state index contributed by atoms with van der Waals surface area (Å²) in [6.45, 7) is 2.17. The smallest absolute Gasteiger partial charge is 0.165 e. The zero-order chi connectivity index (χ0) is 14.2. The van der Waals surface area contributed by atoms with E-state index in [1.165, 1.54) is 45.3 Å². The molecule has 0 spiro atoms. The number of hydrogen-bond donors (Lipinski definition) is 1. The summed E-state index contributed by atoms with van der Waals surface area (Å²) in [6.07, 6.45) is 6.78. The van der Waals surface area contributed by atoms with Crippen LogP contribution in [0.15, 0.2) is 18.2 Å². The Morgan fingerprint density at radius 3 is 2.75 bits per heavy atom. The normalized spacial score (nSPS) is 16.3. The van der Waals surface area contributed by atoms with Crippen molar-refractivity contribution in [1.29, 1.82) is 0 Å². The Kier molecular flexibility index (Phi) is 6.27. The lowest BCUT2D eigenvalue weighted by atomic mass is 9.98. The first kappa shape index (κ1) is 15.3. The first-order chi connectivity index (χ1) is 9.79. The topological polar surface area (TPSA) is 30.5 Å². The average Bonchev–Trinajstić information content (AvgIpc) is 2.48. The van der Waals surface area contributed by atoms with Crippen LogP contribution in [-0.2, 0) is 11.3 Å². The largest absolute Gasteiger partial charge is 0.494 e. The first-order valence-electron chi connectivity index (χ1n) is 7.44. The van der Waals surface area contributed by atoms with Crippen molar-refractivity contribution in [2.45, 2.75) is 44.8 Å². The highest BCUT2D eigenvalue weighted by atomic mass is 19.1. The minimum Gasteiger partial charge on any atom is -0.494 e. The van der Waals surface area contributed by atoms with Gasteiger partial charge in [0.25, 0.3) is 0 Å². The van der Waals surface area contributed by atoms with E-state index in [1.54, 1.807) is 6.07 Å². The first-order valence-corrected chi connectivity index (χ1v) is 7.44. The second-order valence-corrected chi connectivity index (χ2v) is 5.28. The third-order valence-corrected chi connectivity index (χ3v) is 3.73. The maximum absolute atomic E-state index is 13.5. The van der Waals surface area contributed by atoms with Crippen molar-refractivity contribution >= 4 is 0 Å². The molecule has 1 saturated carbocycles. The second-order valence-electron chi connectivity index (χ2n) is 5.28. The van der Waals surface area contributed by atoms with Gasteiger partial charge in [-0.1, -0.05) is 25.3 Å². The fraction of sp³-hybridized carbons (Fsp3) is 0.625. The molecule has 1 aliphatic carbocycles. The lowest BCUT2D eigenvalue weighted by molar-refractivity contribution is 0.0302. The number of ether oxygens (including phenoxy) is 2. The summed E-state index contributed by atoms with van der Waals surface area (Å²) in [5, 5.41) is 3.27. The molecule has 1 aromatic carbocycles. The number of rotatable bonds is 7. The number of hydrogen-bond acceptors (Lipinski definition) is 3. The Labute approximate surface area is 120 Å². The van der Waals surface area contributed by atoms with Gasteiger partial charge in [0.05, 0.1) is 19.8 Å². The van der Waals surface area contributed by atoms with Crippen LogP contribution >= 0.6 is 0 Å². The quantitative estimate of drug-likeness (QED) is 0.778. The highest BCUT2D eigenvalue weighted by Crippen LogP contribution is 2.20. The van der Waals surface area contributed by atoms with Gasteiger partial charge in [-0.15, -0.1) is 0 Å². The summed E-state index contributed by atoms with van der Waals surface area (Å²) in [6, 6.07) is 5.04. The highest BCUT2D eigenvalue weighted by Gasteiger charge is 2.12. The maximum atomic E-state index is 13.5. The van der Waals surface area contributed by atoms with E-state index < -0.39 is 0 Å². The molecule has 0 bridgehead atoms. The Morgan fingerprint density at radius 1 is 1.25 bits per heavy atom. The molecule has 0 heterocycles. The summed E-state index contributed by atoms with van der Waals surface area (Å²) in [5.74, 6) is -0.0281. The number of methoxy groups -OCH3 is 1. The van der Waals surface area contributed by atoms with Crippen LogP contribution in [0.5, 0.6) is 5.75 Å². The third-order valence-electron chi connectivity index (χ3n) is 3.73. The molecule has 2 rings (SSSR count). The van der Waals surface area contributed by atoms with Gasteiger partial charge in [-0.05, 0) is 30.5 Å². The van der Waals surface area contributed by atoms with E-state index >= 15 is 0 Å². The van der Waals surface area contributed by atoms with Crippen molar-refractivity contribution < 1.29 is 13.9 Å². The van der Waals surface area contributed by atoms with Crippen LogP contribution in [0.4, 0.5) is 4.39 Å². The number of benzene rings is 1. The van der Waals surface area contributed by atoms with Gasteiger partial charge >= 0.3 is 0 Å². The van der Waals surface area contributed by atoms with Gasteiger partial charge in [-0.2, -0.15) is 0 Å². The minimum atomic E-state index is -0.315. The summed E-state index contributed by atoms with van der Waals surface area (Å²) in [5.41, 5.74) is 0.918. The van der Waals surface area contributed by atoms with E-state index in [4.69, 9.17) is 9.47 Å². The Hall–Kier alpha value is -1.13. The monoisotopic (exact) mass is 281 g/mol. The van der Waals surface area contributed by atoms with Crippen molar-refractivity contribution in [3.05, 3.63) is 29.6 Å². The Bertz CT molecular complexity index is 405. The fourth-order valence-electron chi connectivity index (χ4n) is 2.58. The van der Waals surface area contributed by atoms with Gasteiger partial charge in [0.2, 0.25) is 0 Å². The predicted octanol–water partition coefficient (Wildman–Crippen LogP) is 3.27. The molecule has 0 unspecified atom stereocenters. The predicted molar refractivity (Wildman–Crippen MR) is 77.5 cm³/mol. The van der Waals surface area contributed by atoms with E-state index in [-0.39, 0.29) is 11.6 Å².